The molecule has 0 bridgehead atoms. The van der Waals surface area contributed by atoms with E-state index in [0.29, 0.717) is 37.8 Å². The summed E-state index contributed by atoms with van der Waals surface area (Å²) in [6.45, 7) is 4.69. The smallest absolute Gasteiger partial charge is 0.253 e. The summed E-state index contributed by atoms with van der Waals surface area (Å²) >= 11 is 0. The minimum atomic E-state index is -3.30. The molecule has 5 nitrogen and oxygen atoms in total. The first-order chi connectivity index (χ1) is 10.4. The molecule has 122 valence electrons. The molecule has 22 heavy (non-hydrogen) atoms. The minimum absolute atomic E-state index is 0.105. The van der Waals surface area contributed by atoms with E-state index in [4.69, 9.17) is 4.74 Å². The molecule has 6 heteroatoms. The number of benzene rings is 1. The lowest BCUT2D eigenvalue weighted by Crippen LogP contribution is -2.41. The highest BCUT2D eigenvalue weighted by Crippen LogP contribution is 2.20. The summed E-state index contributed by atoms with van der Waals surface area (Å²) < 4.78 is 28.7. The molecule has 1 unspecified atom stereocenters. The van der Waals surface area contributed by atoms with Crippen LogP contribution in [0, 0.1) is 5.92 Å². The Hall–Kier alpha value is -1.40. The molecule has 0 aromatic heterocycles. The average molecular weight is 325 g/mol. The highest BCUT2D eigenvalue weighted by molar-refractivity contribution is 7.90. The first kappa shape index (κ1) is 17.0. The maximum Gasteiger partial charge on any atom is 0.253 e. The van der Waals surface area contributed by atoms with Crippen LogP contribution >= 0.6 is 0 Å². The summed E-state index contributed by atoms with van der Waals surface area (Å²) in [6, 6.07) is 6.26. The molecule has 1 saturated heterocycles. The summed E-state index contributed by atoms with van der Waals surface area (Å²) in [5.74, 6) is 0.252. The van der Waals surface area contributed by atoms with Crippen LogP contribution in [0.3, 0.4) is 0 Å². The Kier molecular flexibility index (Phi) is 5.58. The second-order valence-corrected chi connectivity index (χ2v) is 7.73. The van der Waals surface area contributed by atoms with Crippen molar-refractivity contribution in [1.82, 2.24) is 4.90 Å². The second kappa shape index (κ2) is 7.24. The van der Waals surface area contributed by atoms with E-state index < -0.39 is 9.84 Å². The van der Waals surface area contributed by atoms with Crippen LogP contribution in [0.15, 0.2) is 29.2 Å². The molecule has 1 aromatic rings. The van der Waals surface area contributed by atoms with Gasteiger partial charge in [-0.05, 0) is 43.9 Å². The molecule has 1 aromatic carbocycles. The molecule has 0 radical (unpaired) electrons. The number of piperidine rings is 1. The lowest BCUT2D eigenvalue weighted by atomic mass is 9.98. The van der Waals surface area contributed by atoms with Crippen LogP contribution < -0.4 is 0 Å². The van der Waals surface area contributed by atoms with E-state index in [2.05, 4.69) is 0 Å². The number of hydrogen-bond donors (Lipinski definition) is 0. The van der Waals surface area contributed by atoms with E-state index in [9.17, 15) is 13.2 Å². The highest BCUT2D eigenvalue weighted by Gasteiger charge is 2.25. The molecule has 0 spiro atoms. The number of rotatable bonds is 5. The lowest BCUT2D eigenvalue weighted by Gasteiger charge is -2.32. The van der Waals surface area contributed by atoms with Crippen molar-refractivity contribution >= 4 is 15.7 Å². The van der Waals surface area contributed by atoms with Gasteiger partial charge in [-0.15, -0.1) is 0 Å². The molecule has 2 rings (SSSR count). The van der Waals surface area contributed by atoms with Gasteiger partial charge in [0.05, 0.1) is 11.5 Å². The first-order valence-electron chi connectivity index (χ1n) is 7.59. The Morgan fingerprint density at radius 1 is 1.41 bits per heavy atom. The fourth-order valence-corrected chi connectivity index (χ4v) is 3.38. The van der Waals surface area contributed by atoms with E-state index in [1.807, 2.05) is 6.92 Å². The number of likely N-dealkylation sites (tertiary alicyclic amines) is 1. The van der Waals surface area contributed by atoms with Crippen LogP contribution in [-0.4, -0.2) is 51.8 Å². The van der Waals surface area contributed by atoms with Gasteiger partial charge in [0.1, 0.15) is 0 Å². The van der Waals surface area contributed by atoms with E-state index in [1.165, 1.54) is 12.1 Å². The molecule has 1 aliphatic rings. The Bertz CT molecular complexity index is 627. The van der Waals surface area contributed by atoms with Gasteiger partial charge >= 0.3 is 0 Å². The van der Waals surface area contributed by atoms with Crippen LogP contribution in [0.25, 0.3) is 0 Å². The highest BCUT2D eigenvalue weighted by atomic mass is 32.2. The molecule has 1 atom stereocenters. The fourth-order valence-electron chi connectivity index (χ4n) is 2.71. The van der Waals surface area contributed by atoms with Crippen LogP contribution in [0.5, 0.6) is 0 Å². The molecule has 0 saturated carbocycles. The lowest BCUT2D eigenvalue weighted by molar-refractivity contribution is 0.0501. The number of amides is 1. The predicted octanol–water partition coefficient (Wildman–Crippen LogP) is 1.98. The molecular weight excluding hydrogens is 302 g/mol. The van der Waals surface area contributed by atoms with Crippen molar-refractivity contribution in [1.29, 1.82) is 0 Å². The topological polar surface area (TPSA) is 63.7 Å². The zero-order chi connectivity index (χ0) is 16.2. The minimum Gasteiger partial charge on any atom is -0.381 e. The van der Waals surface area contributed by atoms with E-state index in [1.54, 1.807) is 17.0 Å². The molecule has 1 heterocycles. The van der Waals surface area contributed by atoms with Gasteiger partial charge in [-0.2, -0.15) is 0 Å². The maximum atomic E-state index is 12.6. The average Bonchev–Trinajstić information content (AvgIpc) is 2.52. The Morgan fingerprint density at radius 2 is 2.18 bits per heavy atom. The van der Waals surface area contributed by atoms with Crippen molar-refractivity contribution in [3.8, 4) is 0 Å². The summed E-state index contributed by atoms with van der Waals surface area (Å²) in [7, 11) is -3.30. The Balaban J connectivity index is 2.11. The van der Waals surface area contributed by atoms with E-state index in [0.717, 1.165) is 19.1 Å². The third kappa shape index (κ3) is 4.30. The molecule has 1 amide bonds. The number of sulfone groups is 1. The maximum absolute atomic E-state index is 12.6. The van der Waals surface area contributed by atoms with E-state index >= 15 is 0 Å². The number of ether oxygens (including phenoxy) is 1. The zero-order valence-electron chi connectivity index (χ0n) is 13.1. The van der Waals surface area contributed by atoms with Crippen LogP contribution in [0.1, 0.15) is 30.1 Å². The fraction of sp³-hybridized carbons (Fsp3) is 0.562. The van der Waals surface area contributed by atoms with Gasteiger partial charge in [-0.1, -0.05) is 6.07 Å². The summed E-state index contributed by atoms with van der Waals surface area (Å²) in [5.41, 5.74) is 0.431. The SMILES string of the molecule is CCOCC1CCCN(C(=O)c2cccc(S(C)(=O)=O)c2)C1. The van der Waals surface area contributed by atoms with Gasteiger partial charge in [-0.25, -0.2) is 8.42 Å². The third-order valence-corrected chi connectivity index (χ3v) is 4.98. The monoisotopic (exact) mass is 325 g/mol. The van der Waals surface area contributed by atoms with Crippen molar-refractivity contribution in [2.24, 2.45) is 5.92 Å². The quantitative estimate of drug-likeness (QED) is 0.830. The van der Waals surface area contributed by atoms with Crippen molar-refractivity contribution in [2.75, 3.05) is 32.6 Å². The second-order valence-electron chi connectivity index (χ2n) is 5.72. The number of hydrogen-bond acceptors (Lipinski definition) is 4. The van der Waals surface area contributed by atoms with Crippen molar-refractivity contribution in [3.63, 3.8) is 0 Å². The van der Waals surface area contributed by atoms with Crippen molar-refractivity contribution in [3.05, 3.63) is 29.8 Å². The van der Waals surface area contributed by atoms with Gasteiger partial charge < -0.3 is 9.64 Å². The number of carbonyl (C=O) groups excluding carboxylic acids is 1. The molecule has 1 aliphatic heterocycles. The van der Waals surface area contributed by atoms with Crippen molar-refractivity contribution < 1.29 is 17.9 Å². The summed E-state index contributed by atoms with van der Waals surface area (Å²) in [4.78, 5) is 14.6. The van der Waals surface area contributed by atoms with Gasteiger partial charge in [-0.3, -0.25) is 4.79 Å². The van der Waals surface area contributed by atoms with Crippen LogP contribution in [0.4, 0.5) is 0 Å². The summed E-state index contributed by atoms with van der Waals surface area (Å²) in [6.07, 6.45) is 3.16. The predicted molar refractivity (Wildman–Crippen MR) is 84.7 cm³/mol. The zero-order valence-corrected chi connectivity index (χ0v) is 13.9. The number of carbonyl (C=O) groups is 1. The van der Waals surface area contributed by atoms with Gasteiger partial charge in [0, 0.05) is 31.5 Å². The number of nitrogens with zero attached hydrogens (tertiary/aromatic N) is 1. The van der Waals surface area contributed by atoms with Crippen molar-refractivity contribution in [2.45, 2.75) is 24.7 Å². The third-order valence-electron chi connectivity index (χ3n) is 3.87. The normalized spacial score (nSPS) is 19.2. The van der Waals surface area contributed by atoms with Gasteiger partial charge in [0.25, 0.3) is 5.91 Å². The van der Waals surface area contributed by atoms with E-state index in [-0.39, 0.29) is 10.8 Å². The molecule has 0 N–H and O–H groups in total. The van der Waals surface area contributed by atoms with Crippen LogP contribution in [0.2, 0.25) is 0 Å². The standard InChI is InChI=1S/C16H23NO4S/c1-3-21-12-13-6-5-9-17(11-13)16(18)14-7-4-8-15(10-14)22(2,19)20/h4,7-8,10,13H,3,5-6,9,11-12H2,1-2H3. The Morgan fingerprint density at radius 3 is 2.86 bits per heavy atom. The molecule has 0 aliphatic carbocycles. The largest absolute Gasteiger partial charge is 0.381 e. The first-order valence-corrected chi connectivity index (χ1v) is 9.48. The van der Waals surface area contributed by atoms with Crippen LogP contribution in [-0.2, 0) is 14.6 Å². The van der Waals surface area contributed by atoms with Gasteiger partial charge in [0.15, 0.2) is 9.84 Å². The molecule has 1 fully saturated rings. The molecular formula is C16H23NO4S. The summed E-state index contributed by atoms with van der Waals surface area (Å²) in [5, 5.41) is 0. The Labute approximate surface area is 132 Å². The van der Waals surface area contributed by atoms with Gasteiger partial charge in [0.2, 0.25) is 0 Å².